The van der Waals surface area contributed by atoms with Gasteiger partial charge in [0.2, 0.25) is 12.6 Å². The molecule has 0 saturated carbocycles. The van der Waals surface area contributed by atoms with Crippen molar-refractivity contribution in [2.45, 2.75) is 13.5 Å². The van der Waals surface area contributed by atoms with E-state index >= 15 is 0 Å². The van der Waals surface area contributed by atoms with Crippen molar-refractivity contribution in [2.24, 2.45) is 0 Å². The Kier molecular flexibility index (Phi) is 6.08. The van der Waals surface area contributed by atoms with Crippen LogP contribution in [-0.2, 0) is 6.54 Å². The van der Waals surface area contributed by atoms with Crippen LogP contribution in [0.3, 0.4) is 0 Å². The van der Waals surface area contributed by atoms with Crippen LogP contribution in [0.5, 0.6) is 23.1 Å². The first-order valence-corrected chi connectivity index (χ1v) is 11.1. The number of hydrogen-bond acceptors (Lipinski definition) is 9. The monoisotopic (exact) mass is 483 g/mol. The van der Waals surface area contributed by atoms with E-state index in [1.54, 1.807) is 18.2 Å². The quantitative estimate of drug-likeness (QED) is 0.377. The van der Waals surface area contributed by atoms with E-state index in [-0.39, 0.29) is 24.2 Å². The summed E-state index contributed by atoms with van der Waals surface area (Å²) in [6.45, 7) is 5.45. The molecule has 5 rings (SSSR count). The molecule has 0 amide bonds. The largest absolute Gasteiger partial charge is 0.454 e. The molecular formula is C23H22ClN5O5. The number of rotatable bonds is 6. The Labute approximate surface area is 200 Å². The zero-order valence-electron chi connectivity index (χ0n) is 18.4. The molecular weight excluding hydrogens is 462 g/mol. The molecule has 3 heterocycles. The zero-order chi connectivity index (χ0) is 23.7. The van der Waals surface area contributed by atoms with Gasteiger partial charge in [0.15, 0.2) is 11.5 Å². The molecule has 0 radical (unpaired) electrons. The summed E-state index contributed by atoms with van der Waals surface area (Å²) >= 11 is 6.07. The van der Waals surface area contributed by atoms with E-state index in [1.165, 1.54) is 6.33 Å². The highest BCUT2D eigenvalue weighted by Crippen LogP contribution is 2.37. The lowest BCUT2D eigenvalue weighted by atomic mass is 10.1. The highest BCUT2D eigenvalue weighted by Gasteiger charge is 2.31. The number of fused-ring (bicyclic) bond motifs is 1. The third kappa shape index (κ3) is 4.55. The van der Waals surface area contributed by atoms with Crippen LogP contribution < -0.4 is 19.1 Å². The van der Waals surface area contributed by atoms with Crippen LogP contribution in [0.1, 0.15) is 11.1 Å². The molecule has 10 nitrogen and oxygen atoms in total. The van der Waals surface area contributed by atoms with Crippen LogP contribution in [0.25, 0.3) is 0 Å². The van der Waals surface area contributed by atoms with Crippen molar-refractivity contribution < 1.29 is 19.1 Å². The third-order valence-electron chi connectivity index (χ3n) is 5.81. The van der Waals surface area contributed by atoms with Crippen LogP contribution in [0.15, 0.2) is 42.7 Å². The molecule has 0 bridgehead atoms. The predicted molar refractivity (Wildman–Crippen MR) is 125 cm³/mol. The summed E-state index contributed by atoms with van der Waals surface area (Å²) in [5.41, 5.74) is 1.67. The highest BCUT2D eigenvalue weighted by atomic mass is 35.5. The Morgan fingerprint density at radius 2 is 1.88 bits per heavy atom. The summed E-state index contributed by atoms with van der Waals surface area (Å²) in [6.07, 6.45) is 1.29. The van der Waals surface area contributed by atoms with Crippen LogP contribution >= 0.6 is 11.6 Å². The average Bonchev–Trinajstić information content (AvgIpc) is 3.30. The van der Waals surface area contributed by atoms with E-state index in [0.717, 1.165) is 42.3 Å². The van der Waals surface area contributed by atoms with E-state index in [9.17, 15) is 10.1 Å². The molecule has 11 heteroatoms. The van der Waals surface area contributed by atoms with Gasteiger partial charge in [-0.3, -0.25) is 15.0 Å². The SMILES string of the molecule is Cc1cc(Oc2ncnc(N3CCN(Cc4ccc5c(c4)OCO5)CC3)c2[N+](=O)[O-])ccc1Cl. The number of halogens is 1. The van der Waals surface area contributed by atoms with Gasteiger partial charge in [0, 0.05) is 37.7 Å². The van der Waals surface area contributed by atoms with E-state index in [4.69, 9.17) is 25.8 Å². The predicted octanol–water partition coefficient (Wildman–Crippen LogP) is 4.19. The van der Waals surface area contributed by atoms with Crippen LogP contribution in [0.2, 0.25) is 5.02 Å². The number of benzene rings is 2. The van der Waals surface area contributed by atoms with Crippen molar-refractivity contribution in [1.29, 1.82) is 0 Å². The van der Waals surface area contributed by atoms with Crippen molar-refractivity contribution in [1.82, 2.24) is 14.9 Å². The molecule has 34 heavy (non-hydrogen) atoms. The lowest BCUT2D eigenvalue weighted by Gasteiger charge is -2.35. The van der Waals surface area contributed by atoms with Gasteiger partial charge in [-0.2, -0.15) is 4.98 Å². The zero-order valence-corrected chi connectivity index (χ0v) is 19.2. The molecule has 0 aliphatic carbocycles. The van der Waals surface area contributed by atoms with Gasteiger partial charge < -0.3 is 19.1 Å². The minimum absolute atomic E-state index is 0.0977. The standard InChI is InChI=1S/C23H22ClN5O5/c1-15-10-17(3-4-18(15)24)34-23-21(29(30)31)22(25-13-26-23)28-8-6-27(7-9-28)12-16-2-5-19-20(11-16)33-14-32-19/h2-5,10-11,13H,6-9,12,14H2,1H3. The van der Waals surface area contributed by atoms with Gasteiger partial charge in [-0.15, -0.1) is 0 Å². The first-order chi connectivity index (χ1) is 16.5. The summed E-state index contributed by atoms with van der Waals surface area (Å²) in [5, 5.41) is 12.5. The number of hydrogen-bond donors (Lipinski definition) is 0. The number of nitro groups is 1. The second-order valence-electron chi connectivity index (χ2n) is 8.07. The molecule has 0 atom stereocenters. The minimum atomic E-state index is -0.494. The molecule has 2 aromatic carbocycles. The summed E-state index contributed by atoms with van der Waals surface area (Å²) in [5.74, 6) is 2.10. The second-order valence-corrected chi connectivity index (χ2v) is 8.48. The van der Waals surface area contributed by atoms with Gasteiger partial charge >= 0.3 is 11.6 Å². The van der Waals surface area contributed by atoms with E-state index < -0.39 is 4.92 Å². The first-order valence-electron chi connectivity index (χ1n) is 10.8. The molecule has 1 aromatic heterocycles. The van der Waals surface area contributed by atoms with Crippen molar-refractivity contribution in [3.63, 3.8) is 0 Å². The Hall–Kier alpha value is -3.63. The number of ether oxygens (including phenoxy) is 3. The number of nitrogens with zero attached hydrogens (tertiary/aromatic N) is 5. The van der Waals surface area contributed by atoms with Gasteiger partial charge in [0.1, 0.15) is 12.1 Å². The lowest BCUT2D eigenvalue weighted by molar-refractivity contribution is -0.385. The Balaban J connectivity index is 1.29. The summed E-state index contributed by atoms with van der Waals surface area (Å²) in [4.78, 5) is 23.9. The van der Waals surface area contributed by atoms with E-state index in [2.05, 4.69) is 14.9 Å². The topological polar surface area (TPSA) is 103 Å². The van der Waals surface area contributed by atoms with Crippen molar-refractivity contribution in [3.8, 4) is 23.1 Å². The van der Waals surface area contributed by atoms with Gasteiger partial charge in [-0.05, 0) is 48.4 Å². The van der Waals surface area contributed by atoms with Gasteiger partial charge in [0.25, 0.3) is 0 Å². The summed E-state index contributed by atoms with van der Waals surface area (Å²) in [6, 6.07) is 11.0. The molecule has 2 aliphatic heterocycles. The maximum absolute atomic E-state index is 12.0. The van der Waals surface area contributed by atoms with Crippen molar-refractivity contribution in [2.75, 3.05) is 37.9 Å². The van der Waals surface area contributed by atoms with Crippen LogP contribution in [-0.4, -0.2) is 52.8 Å². The number of anilines is 1. The Morgan fingerprint density at radius 1 is 1.09 bits per heavy atom. The first kappa shape index (κ1) is 22.2. The van der Waals surface area contributed by atoms with Crippen molar-refractivity contribution in [3.05, 3.63) is 69.0 Å². The van der Waals surface area contributed by atoms with Gasteiger partial charge in [-0.25, -0.2) is 4.98 Å². The Bertz CT molecular complexity index is 1230. The highest BCUT2D eigenvalue weighted by molar-refractivity contribution is 6.31. The fourth-order valence-electron chi connectivity index (χ4n) is 4.03. The molecule has 176 valence electrons. The molecule has 0 spiro atoms. The normalized spacial score (nSPS) is 15.4. The van der Waals surface area contributed by atoms with Gasteiger partial charge in [-0.1, -0.05) is 17.7 Å². The minimum Gasteiger partial charge on any atom is -0.454 e. The average molecular weight is 484 g/mol. The molecule has 1 fully saturated rings. The molecule has 0 N–H and O–H groups in total. The number of aromatic nitrogens is 2. The van der Waals surface area contributed by atoms with E-state index in [1.807, 2.05) is 30.0 Å². The Morgan fingerprint density at radius 3 is 2.65 bits per heavy atom. The van der Waals surface area contributed by atoms with Crippen LogP contribution in [0, 0.1) is 17.0 Å². The fourth-order valence-corrected chi connectivity index (χ4v) is 4.14. The molecule has 0 unspecified atom stereocenters. The fraction of sp³-hybridized carbons (Fsp3) is 0.304. The smallest absolute Gasteiger partial charge is 0.373 e. The maximum Gasteiger partial charge on any atom is 0.373 e. The number of aryl methyl sites for hydroxylation is 1. The second kappa shape index (κ2) is 9.32. The van der Waals surface area contributed by atoms with E-state index in [0.29, 0.717) is 23.9 Å². The summed E-state index contributed by atoms with van der Waals surface area (Å²) in [7, 11) is 0. The molecule has 2 aliphatic rings. The number of piperazine rings is 1. The third-order valence-corrected chi connectivity index (χ3v) is 6.23. The molecule has 3 aromatic rings. The lowest BCUT2D eigenvalue weighted by Crippen LogP contribution is -2.46. The van der Waals surface area contributed by atoms with Crippen molar-refractivity contribution >= 4 is 23.1 Å². The van der Waals surface area contributed by atoms with Gasteiger partial charge in [0.05, 0.1) is 4.92 Å². The summed E-state index contributed by atoms with van der Waals surface area (Å²) < 4.78 is 16.6. The molecule has 1 saturated heterocycles. The maximum atomic E-state index is 12.0. The van der Waals surface area contributed by atoms with Crippen LogP contribution in [0.4, 0.5) is 11.5 Å².